The van der Waals surface area contributed by atoms with Gasteiger partial charge in [-0.1, -0.05) is 6.07 Å². The monoisotopic (exact) mass is 180 g/mol. The molecule has 0 aliphatic heterocycles. The van der Waals surface area contributed by atoms with Crippen molar-refractivity contribution in [1.82, 2.24) is 0 Å². The zero-order valence-electron chi connectivity index (χ0n) is 8.33. The Kier molecular flexibility index (Phi) is 3.01. The summed E-state index contributed by atoms with van der Waals surface area (Å²) >= 11 is 0. The summed E-state index contributed by atoms with van der Waals surface area (Å²) < 4.78 is 0. The van der Waals surface area contributed by atoms with Gasteiger partial charge in [-0.2, -0.15) is 0 Å². The Balaban J connectivity index is 3.10. The number of hydrogen-bond donors (Lipinski definition) is 2. The molecule has 2 N–H and O–H groups in total. The van der Waals surface area contributed by atoms with Crippen LogP contribution in [0.25, 0.3) is 0 Å². The summed E-state index contributed by atoms with van der Waals surface area (Å²) in [6.45, 7) is 2.88. The van der Waals surface area contributed by atoms with E-state index in [2.05, 4.69) is 5.32 Å². The third-order valence-corrected chi connectivity index (χ3v) is 1.83. The maximum absolute atomic E-state index is 9.61. The molecule has 0 amide bonds. The van der Waals surface area contributed by atoms with Gasteiger partial charge in [-0.25, -0.2) is 0 Å². The van der Waals surface area contributed by atoms with E-state index >= 15 is 0 Å². The van der Waals surface area contributed by atoms with Gasteiger partial charge in [0.1, 0.15) is 11.4 Å². The van der Waals surface area contributed by atoms with Crippen LogP contribution < -0.4 is 10.2 Å². The van der Waals surface area contributed by atoms with Crippen molar-refractivity contribution >= 4 is 11.4 Å². The van der Waals surface area contributed by atoms with E-state index in [1.165, 1.54) is 0 Å². The number of nitrogens with zero attached hydrogens (tertiary/aromatic N) is 1. The van der Waals surface area contributed by atoms with Crippen molar-refractivity contribution in [2.75, 3.05) is 30.9 Å². The maximum atomic E-state index is 9.61. The van der Waals surface area contributed by atoms with Gasteiger partial charge in [0.25, 0.3) is 0 Å². The highest BCUT2D eigenvalue weighted by atomic mass is 16.3. The smallest absolute Gasteiger partial charge is 0.140 e. The first kappa shape index (κ1) is 9.71. The second-order valence-electron chi connectivity index (χ2n) is 3.10. The topological polar surface area (TPSA) is 35.5 Å². The van der Waals surface area contributed by atoms with E-state index in [4.69, 9.17) is 0 Å². The molecule has 0 unspecified atom stereocenters. The minimum absolute atomic E-state index is 0.309. The predicted molar refractivity (Wildman–Crippen MR) is 56.6 cm³/mol. The van der Waals surface area contributed by atoms with Crippen LogP contribution in [0.3, 0.4) is 0 Å². The fourth-order valence-corrected chi connectivity index (χ4v) is 1.33. The van der Waals surface area contributed by atoms with E-state index in [0.717, 1.165) is 17.9 Å². The number of rotatable bonds is 3. The maximum Gasteiger partial charge on any atom is 0.140 e. The number of nitrogens with one attached hydrogen (secondary N) is 1. The van der Waals surface area contributed by atoms with Crippen LogP contribution in [0.1, 0.15) is 6.92 Å². The number of anilines is 2. The van der Waals surface area contributed by atoms with Crippen molar-refractivity contribution in [1.29, 1.82) is 0 Å². The van der Waals surface area contributed by atoms with E-state index in [1.807, 2.05) is 38.1 Å². The van der Waals surface area contributed by atoms with Crippen LogP contribution in [0.5, 0.6) is 5.75 Å². The van der Waals surface area contributed by atoms with Crippen molar-refractivity contribution in [3.8, 4) is 5.75 Å². The number of hydrogen-bond acceptors (Lipinski definition) is 3. The molecule has 3 nitrogen and oxygen atoms in total. The first-order chi connectivity index (χ1) is 6.16. The average Bonchev–Trinajstić information content (AvgIpc) is 2.04. The third-order valence-electron chi connectivity index (χ3n) is 1.83. The van der Waals surface area contributed by atoms with Crippen LogP contribution in [0.2, 0.25) is 0 Å². The summed E-state index contributed by atoms with van der Waals surface area (Å²) in [4.78, 5) is 1.90. The SMILES string of the molecule is CCNc1cccc(O)c1N(C)C. The van der Waals surface area contributed by atoms with Gasteiger partial charge in [-0.3, -0.25) is 0 Å². The third kappa shape index (κ3) is 2.05. The van der Waals surface area contributed by atoms with Gasteiger partial charge in [0.05, 0.1) is 5.69 Å². The van der Waals surface area contributed by atoms with Gasteiger partial charge in [-0.05, 0) is 19.1 Å². The van der Waals surface area contributed by atoms with Crippen molar-refractivity contribution in [3.05, 3.63) is 18.2 Å². The molecular weight excluding hydrogens is 164 g/mol. The quantitative estimate of drug-likeness (QED) is 0.745. The first-order valence-corrected chi connectivity index (χ1v) is 4.40. The molecule has 0 saturated carbocycles. The summed E-state index contributed by atoms with van der Waals surface area (Å²) in [5.41, 5.74) is 1.80. The lowest BCUT2D eigenvalue weighted by molar-refractivity contribution is 0.476. The molecule has 3 heteroatoms. The minimum atomic E-state index is 0.309. The van der Waals surface area contributed by atoms with Crippen molar-refractivity contribution in [3.63, 3.8) is 0 Å². The highest BCUT2D eigenvalue weighted by molar-refractivity contribution is 5.75. The Labute approximate surface area is 79.0 Å². The second kappa shape index (κ2) is 4.03. The summed E-state index contributed by atoms with van der Waals surface area (Å²) in [7, 11) is 3.83. The molecule has 0 fully saturated rings. The molecule has 0 atom stereocenters. The van der Waals surface area contributed by atoms with Gasteiger partial charge in [0, 0.05) is 20.6 Å². The molecule has 1 aromatic carbocycles. The lowest BCUT2D eigenvalue weighted by Gasteiger charge is -2.19. The zero-order chi connectivity index (χ0) is 9.84. The molecule has 0 spiro atoms. The van der Waals surface area contributed by atoms with Gasteiger partial charge in [-0.15, -0.1) is 0 Å². The summed E-state index contributed by atoms with van der Waals surface area (Å²) in [5, 5.41) is 12.8. The Hall–Kier alpha value is -1.38. The first-order valence-electron chi connectivity index (χ1n) is 4.40. The van der Waals surface area contributed by atoms with Gasteiger partial charge in [0.15, 0.2) is 0 Å². The lowest BCUT2D eigenvalue weighted by Crippen LogP contribution is -2.12. The number of para-hydroxylation sites is 1. The molecule has 0 aliphatic rings. The highest BCUT2D eigenvalue weighted by Crippen LogP contribution is 2.33. The molecule has 0 aromatic heterocycles. The predicted octanol–water partition coefficient (Wildman–Crippen LogP) is 1.89. The van der Waals surface area contributed by atoms with E-state index in [9.17, 15) is 5.11 Å². The lowest BCUT2D eigenvalue weighted by atomic mass is 10.2. The highest BCUT2D eigenvalue weighted by Gasteiger charge is 2.07. The van der Waals surface area contributed by atoms with Gasteiger partial charge < -0.3 is 15.3 Å². The van der Waals surface area contributed by atoms with Crippen LogP contribution in [-0.4, -0.2) is 25.7 Å². The number of aromatic hydroxyl groups is 1. The summed E-state index contributed by atoms with van der Waals surface area (Å²) in [6.07, 6.45) is 0. The molecule has 0 aliphatic carbocycles. The number of phenols is 1. The Morgan fingerprint density at radius 3 is 2.62 bits per heavy atom. The molecule has 0 saturated heterocycles. The van der Waals surface area contributed by atoms with Gasteiger partial charge in [0.2, 0.25) is 0 Å². The Morgan fingerprint density at radius 2 is 2.08 bits per heavy atom. The van der Waals surface area contributed by atoms with E-state index in [1.54, 1.807) is 6.07 Å². The van der Waals surface area contributed by atoms with Crippen LogP contribution in [0.15, 0.2) is 18.2 Å². The zero-order valence-corrected chi connectivity index (χ0v) is 8.33. The van der Waals surface area contributed by atoms with E-state index in [-0.39, 0.29) is 0 Å². The minimum Gasteiger partial charge on any atom is -0.506 e. The Bertz CT molecular complexity index is 284. The average molecular weight is 180 g/mol. The van der Waals surface area contributed by atoms with Crippen LogP contribution >= 0.6 is 0 Å². The molecule has 0 heterocycles. The summed E-state index contributed by atoms with van der Waals surface area (Å²) in [6, 6.07) is 5.48. The van der Waals surface area contributed by atoms with Crippen molar-refractivity contribution < 1.29 is 5.11 Å². The van der Waals surface area contributed by atoms with E-state index < -0.39 is 0 Å². The Morgan fingerprint density at radius 1 is 1.38 bits per heavy atom. The summed E-state index contributed by atoms with van der Waals surface area (Å²) in [5.74, 6) is 0.309. The largest absolute Gasteiger partial charge is 0.506 e. The molecule has 0 bridgehead atoms. The number of phenolic OH excluding ortho intramolecular Hbond substituents is 1. The van der Waals surface area contributed by atoms with E-state index in [0.29, 0.717) is 5.75 Å². The van der Waals surface area contributed by atoms with Crippen LogP contribution in [-0.2, 0) is 0 Å². The number of benzene rings is 1. The fraction of sp³-hybridized carbons (Fsp3) is 0.400. The molecular formula is C10H16N2O. The molecule has 0 radical (unpaired) electrons. The second-order valence-corrected chi connectivity index (χ2v) is 3.10. The molecule has 13 heavy (non-hydrogen) atoms. The van der Waals surface area contributed by atoms with Crippen molar-refractivity contribution in [2.24, 2.45) is 0 Å². The molecule has 1 aromatic rings. The van der Waals surface area contributed by atoms with Crippen LogP contribution in [0, 0.1) is 0 Å². The van der Waals surface area contributed by atoms with Gasteiger partial charge >= 0.3 is 0 Å². The van der Waals surface area contributed by atoms with Crippen molar-refractivity contribution in [2.45, 2.75) is 6.92 Å². The normalized spacial score (nSPS) is 9.77. The fourth-order valence-electron chi connectivity index (χ4n) is 1.33. The van der Waals surface area contributed by atoms with Crippen LogP contribution in [0.4, 0.5) is 11.4 Å². The molecule has 1 rings (SSSR count). The molecule has 72 valence electrons. The standard InChI is InChI=1S/C10H16N2O/c1-4-11-8-6-5-7-9(13)10(8)12(2)3/h5-7,11,13H,4H2,1-3H3.